The number of rotatable bonds is 5. The molecule has 0 aliphatic rings. The fraction of sp³-hybridized carbons (Fsp3) is 0.118. The molecule has 4 aromatic rings. The van der Waals surface area contributed by atoms with Crippen LogP contribution in [0, 0.1) is 0 Å². The molecule has 6 nitrogen and oxygen atoms in total. The first kappa shape index (κ1) is 13.5. The molecular formula is C17H15N5O. The van der Waals surface area contributed by atoms with Gasteiger partial charge in [-0.3, -0.25) is 5.10 Å². The minimum atomic E-state index is 0.624. The number of aromatic nitrogens is 4. The highest BCUT2D eigenvalue weighted by Crippen LogP contribution is 2.24. The van der Waals surface area contributed by atoms with Crippen molar-refractivity contribution in [2.45, 2.75) is 13.1 Å². The zero-order valence-electron chi connectivity index (χ0n) is 12.4. The van der Waals surface area contributed by atoms with E-state index in [0.29, 0.717) is 6.54 Å². The maximum atomic E-state index is 5.51. The predicted octanol–water partition coefficient (Wildman–Crippen LogP) is 3.15. The summed E-state index contributed by atoms with van der Waals surface area (Å²) in [5.74, 6) is 1.72. The van der Waals surface area contributed by atoms with Crippen molar-refractivity contribution in [3.63, 3.8) is 0 Å². The number of hydrogen-bond acceptors (Lipinski definition) is 5. The number of anilines is 1. The topological polar surface area (TPSA) is 70.8 Å². The van der Waals surface area contributed by atoms with Gasteiger partial charge in [0.05, 0.1) is 24.4 Å². The van der Waals surface area contributed by atoms with Crippen LogP contribution in [0.25, 0.3) is 11.0 Å². The summed E-state index contributed by atoms with van der Waals surface area (Å²) in [5.41, 5.74) is 1.93. The van der Waals surface area contributed by atoms with Crippen LogP contribution in [0.1, 0.15) is 11.3 Å². The van der Waals surface area contributed by atoms with Gasteiger partial charge in [-0.2, -0.15) is 5.10 Å². The largest absolute Gasteiger partial charge is 0.467 e. The van der Waals surface area contributed by atoms with Crippen LogP contribution < -0.4 is 4.90 Å². The summed E-state index contributed by atoms with van der Waals surface area (Å²) >= 11 is 0. The molecule has 0 spiro atoms. The number of furan rings is 1. The fourth-order valence-electron chi connectivity index (χ4n) is 2.60. The van der Waals surface area contributed by atoms with Gasteiger partial charge >= 0.3 is 0 Å². The molecule has 0 unspecified atom stereocenters. The van der Waals surface area contributed by atoms with Crippen LogP contribution in [0.4, 0.5) is 5.82 Å². The standard InChI is InChI=1S/C17H15N5O/c1-2-5-13(6-3-1)10-22(11-14-7-4-8-23-14)17-15-9-20-21-16(15)18-12-19-17/h1-9,12H,10-11H2,(H,18,19,20,21). The Bertz CT molecular complexity index is 886. The lowest BCUT2D eigenvalue weighted by Gasteiger charge is -2.23. The van der Waals surface area contributed by atoms with Gasteiger partial charge in [0, 0.05) is 6.54 Å². The Balaban J connectivity index is 1.73. The Morgan fingerprint density at radius 2 is 1.91 bits per heavy atom. The second-order valence-corrected chi connectivity index (χ2v) is 5.25. The third-order valence-corrected chi connectivity index (χ3v) is 3.67. The van der Waals surface area contributed by atoms with Crippen LogP contribution in [-0.2, 0) is 13.1 Å². The van der Waals surface area contributed by atoms with Crippen LogP contribution in [-0.4, -0.2) is 20.2 Å². The highest BCUT2D eigenvalue weighted by Gasteiger charge is 2.15. The van der Waals surface area contributed by atoms with E-state index in [1.807, 2.05) is 30.3 Å². The third-order valence-electron chi connectivity index (χ3n) is 3.67. The maximum absolute atomic E-state index is 5.51. The Morgan fingerprint density at radius 3 is 2.74 bits per heavy atom. The lowest BCUT2D eigenvalue weighted by Crippen LogP contribution is -2.23. The number of hydrogen-bond donors (Lipinski definition) is 1. The summed E-state index contributed by atoms with van der Waals surface area (Å²) in [5, 5.41) is 7.86. The minimum Gasteiger partial charge on any atom is -0.467 e. The van der Waals surface area contributed by atoms with E-state index in [0.717, 1.165) is 29.2 Å². The summed E-state index contributed by atoms with van der Waals surface area (Å²) in [7, 11) is 0. The van der Waals surface area contributed by atoms with Crippen molar-refractivity contribution in [2.75, 3.05) is 4.90 Å². The number of H-pyrrole nitrogens is 1. The molecule has 0 amide bonds. The minimum absolute atomic E-state index is 0.624. The van der Waals surface area contributed by atoms with Crippen molar-refractivity contribution in [1.29, 1.82) is 0 Å². The molecule has 0 bridgehead atoms. The normalized spacial score (nSPS) is 11.0. The SMILES string of the molecule is c1ccc(CN(Cc2ccco2)c2ncnc3[nH]ncc23)cc1. The Morgan fingerprint density at radius 1 is 1.00 bits per heavy atom. The van der Waals surface area contributed by atoms with Crippen molar-refractivity contribution in [3.05, 3.63) is 72.6 Å². The Kier molecular flexibility index (Phi) is 3.48. The molecule has 4 rings (SSSR count). The van der Waals surface area contributed by atoms with Gasteiger partial charge < -0.3 is 9.32 Å². The molecule has 0 aliphatic carbocycles. The molecule has 114 valence electrons. The molecule has 6 heteroatoms. The van der Waals surface area contributed by atoms with Crippen molar-refractivity contribution in [2.24, 2.45) is 0 Å². The van der Waals surface area contributed by atoms with Gasteiger partial charge in [-0.1, -0.05) is 30.3 Å². The van der Waals surface area contributed by atoms with Crippen LogP contribution in [0.2, 0.25) is 0 Å². The predicted molar refractivity (Wildman–Crippen MR) is 86.7 cm³/mol. The number of fused-ring (bicyclic) bond motifs is 1. The first-order valence-corrected chi connectivity index (χ1v) is 7.35. The quantitative estimate of drug-likeness (QED) is 0.613. The average molecular weight is 305 g/mol. The van der Waals surface area contributed by atoms with Crippen LogP contribution in [0.5, 0.6) is 0 Å². The van der Waals surface area contributed by atoms with E-state index >= 15 is 0 Å². The van der Waals surface area contributed by atoms with E-state index in [2.05, 4.69) is 37.2 Å². The molecule has 3 heterocycles. The molecule has 0 aliphatic heterocycles. The third kappa shape index (κ3) is 2.78. The number of benzene rings is 1. The van der Waals surface area contributed by atoms with E-state index < -0.39 is 0 Å². The van der Waals surface area contributed by atoms with E-state index in [9.17, 15) is 0 Å². The second kappa shape index (κ2) is 5.92. The summed E-state index contributed by atoms with van der Waals surface area (Å²) in [6.45, 7) is 1.35. The Labute approximate surface area is 132 Å². The number of nitrogens with one attached hydrogen (secondary N) is 1. The first-order valence-electron chi connectivity index (χ1n) is 7.35. The summed E-state index contributed by atoms with van der Waals surface area (Å²) in [4.78, 5) is 10.8. The molecular weight excluding hydrogens is 290 g/mol. The van der Waals surface area contributed by atoms with Crippen molar-refractivity contribution in [1.82, 2.24) is 20.2 Å². The highest BCUT2D eigenvalue weighted by atomic mass is 16.3. The van der Waals surface area contributed by atoms with Crippen molar-refractivity contribution >= 4 is 16.9 Å². The highest BCUT2D eigenvalue weighted by molar-refractivity contribution is 5.86. The lowest BCUT2D eigenvalue weighted by atomic mass is 10.2. The van der Waals surface area contributed by atoms with Gasteiger partial charge in [0.2, 0.25) is 0 Å². The van der Waals surface area contributed by atoms with Gasteiger partial charge in [0.25, 0.3) is 0 Å². The lowest BCUT2D eigenvalue weighted by molar-refractivity contribution is 0.501. The zero-order chi connectivity index (χ0) is 15.5. The fourth-order valence-corrected chi connectivity index (χ4v) is 2.60. The molecule has 0 radical (unpaired) electrons. The van der Waals surface area contributed by atoms with Gasteiger partial charge in [0.15, 0.2) is 5.65 Å². The van der Waals surface area contributed by atoms with Gasteiger partial charge in [-0.05, 0) is 17.7 Å². The Hall–Kier alpha value is -3.15. The van der Waals surface area contributed by atoms with Crippen molar-refractivity contribution in [3.8, 4) is 0 Å². The molecule has 1 N–H and O–H groups in total. The van der Waals surface area contributed by atoms with E-state index in [1.54, 1.807) is 18.8 Å². The summed E-state index contributed by atoms with van der Waals surface area (Å²) in [6, 6.07) is 14.1. The first-order chi connectivity index (χ1) is 11.4. The van der Waals surface area contributed by atoms with Gasteiger partial charge in [-0.25, -0.2) is 9.97 Å². The molecule has 0 saturated heterocycles. The average Bonchev–Trinajstić information content (AvgIpc) is 3.26. The van der Waals surface area contributed by atoms with Crippen molar-refractivity contribution < 1.29 is 4.42 Å². The summed E-state index contributed by atoms with van der Waals surface area (Å²) in [6.07, 6.45) is 4.99. The molecule has 0 fully saturated rings. The smallest absolute Gasteiger partial charge is 0.160 e. The second-order valence-electron chi connectivity index (χ2n) is 5.25. The molecule has 3 aromatic heterocycles. The van der Waals surface area contributed by atoms with E-state index in [1.165, 1.54) is 5.56 Å². The maximum Gasteiger partial charge on any atom is 0.160 e. The van der Waals surface area contributed by atoms with Gasteiger partial charge in [0.1, 0.15) is 17.9 Å². The van der Waals surface area contributed by atoms with Crippen LogP contribution in [0.3, 0.4) is 0 Å². The number of aromatic amines is 1. The molecule has 23 heavy (non-hydrogen) atoms. The van der Waals surface area contributed by atoms with Gasteiger partial charge in [-0.15, -0.1) is 0 Å². The van der Waals surface area contributed by atoms with Crippen LogP contribution in [0.15, 0.2) is 65.7 Å². The van der Waals surface area contributed by atoms with Crippen LogP contribution >= 0.6 is 0 Å². The zero-order valence-corrected chi connectivity index (χ0v) is 12.4. The molecule has 0 saturated carbocycles. The van der Waals surface area contributed by atoms with E-state index in [-0.39, 0.29) is 0 Å². The van der Waals surface area contributed by atoms with E-state index in [4.69, 9.17) is 4.42 Å². The molecule has 1 aromatic carbocycles. The number of nitrogens with zero attached hydrogens (tertiary/aromatic N) is 4. The summed E-state index contributed by atoms with van der Waals surface area (Å²) < 4.78 is 5.51. The molecule has 0 atom stereocenters. The monoisotopic (exact) mass is 305 g/mol.